The summed E-state index contributed by atoms with van der Waals surface area (Å²) in [7, 11) is 0. The maximum Gasteiger partial charge on any atom is 0.417 e. The Morgan fingerprint density at radius 2 is 1.75 bits per heavy atom. The van der Waals surface area contributed by atoms with E-state index < -0.39 is 35.0 Å². The number of halogens is 4. The summed E-state index contributed by atoms with van der Waals surface area (Å²) in [5.41, 5.74) is -1.69. The molecule has 1 amide bonds. The van der Waals surface area contributed by atoms with Crippen molar-refractivity contribution in [1.29, 1.82) is 0 Å². The van der Waals surface area contributed by atoms with Crippen molar-refractivity contribution in [3.8, 4) is 0 Å². The van der Waals surface area contributed by atoms with E-state index in [1.807, 2.05) is 0 Å². The van der Waals surface area contributed by atoms with Gasteiger partial charge in [-0.3, -0.25) is 4.79 Å². The van der Waals surface area contributed by atoms with Gasteiger partial charge in [0.25, 0.3) is 5.91 Å². The van der Waals surface area contributed by atoms with Gasteiger partial charge in [-0.1, -0.05) is 0 Å². The van der Waals surface area contributed by atoms with E-state index in [2.05, 4.69) is 5.32 Å². The van der Waals surface area contributed by atoms with Crippen molar-refractivity contribution in [3.05, 3.63) is 64.5 Å². The molecule has 8 heteroatoms. The highest BCUT2D eigenvalue weighted by Gasteiger charge is 2.35. The van der Waals surface area contributed by atoms with Crippen LogP contribution in [0.4, 0.5) is 23.2 Å². The fraction of sp³-hybridized carbons (Fsp3) is 0.125. The minimum Gasteiger partial charge on any atom is -0.478 e. The number of carbonyl (C=O) groups is 2. The predicted molar refractivity (Wildman–Crippen MR) is 77.5 cm³/mol. The van der Waals surface area contributed by atoms with E-state index >= 15 is 0 Å². The molecule has 2 aromatic rings. The summed E-state index contributed by atoms with van der Waals surface area (Å²) in [6, 6.07) is 5.31. The lowest BCUT2D eigenvalue weighted by molar-refractivity contribution is -0.137. The first-order chi connectivity index (χ1) is 11.1. The molecule has 0 aliphatic rings. The maximum absolute atomic E-state index is 13.2. The molecule has 0 aromatic heterocycles. The molecule has 0 heterocycles. The minimum absolute atomic E-state index is 0.0350. The largest absolute Gasteiger partial charge is 0.478 e. The van der Waals surface area contributed by atoms with Crippen molar-refractivity contribution in [2.45, 2.75) is 13.1 Å². The predicted octanol–water partition coefficient (Wildman–Crippen LogP) is 4.10. The van der Waals surface area contributed by atoms with E-state index in [-0.39, 0.29) is 11.3 Å². The van der Waals surface area contributed by atoms with E-state index in [1.165, 1.54) is 25.1 Å². The van der Waals surface area contributed by atoms with E-state index in [0.717, 1.165) is 0 Å². The molecular formula is C16H11F4NO3. The van der Waals surface area contributed by atoms with Crippen LogP contribution in [0.25, 0.3) is 0 Å². The second kappa shape index (κ2) is 6.31. The number of aryl methyl sites for hydroxylation is 1. The molecule has 0 saturated carbocycles. The summed E-state index contributed by atoms with van der Waals surface area (Å²) >= 11 is 0. The SMILES string of the molecule is Cc1cc(C(=O)O)ccc1NC(=O)c1cc(F)ccc1C(F)(F)F. The van der Waals surface area contributed by atoms with Crippen molar-refractivity contribution >= 4 is 17.6 Å². The third kappa shape index (κ3) is 3.70. The van der Waals surface area contributed by atoms with Gasteiger partial charge in [-0.2, -0.15) is 13.2 Å². The smallest absolute Gasteiger partial charge is 0.417 e. The van der Waals surface area contributed by atoms with E-state index in [0.29, 0.717) is 23.8 Å². The van der Waals surface area contributed by atoms with Crippen molar-refractivity contribution in [2.24, 2.45) is 0 Å². The van der Waals surface area contributed by atoms with Crippen LogP contribution in [-0.2, 0) is 6.18 Å². The summed E-state index contributed by atoms with van der Waals surface area (Å²) in [6.45, 7) is 1.48. The zero-order chi connectivity index (χ0) is 18.1. The number of anilines is 1. The molecular weight excluding hydrogens is 330 g/mol. The number of alkyl halides is 3. The van der Waals surface area contributed by atoms with Crippen molar-refractivity contribution in [3.63, 3.8) is 0 Å². The highest BCUT2D eigenvalue weighted by molar-refractivity contribution is 6.06. The summed E-state index contributed by atoms with van der Waals surface area (Å²) in [5, 5.41) is 11.1. The number of hydrogen-bond donors (Lipinski definition) is 2. The molecule has 24 heavy (non-hydrogen) atoms. The number of carbonyl (C=O) groups excluding carboxylic acids is 1. The standard InChI is InChI=1S/C16H11F4NO3/c1-8-6-9(15(23)24)2-5-13(8)21-14(22)11-7-10(17)3-4-12(11)16(18,19)20/h2-7H,1H3,(H,21,22)(H,23,24). The Morgan fingerprint density at radius 3 is 2.29 bits per heavy atom. The van der Waals surface area contributed by atoms with Gasteiger partial charge >= 0.3 is 12.1 Å². The van der Waals surface area contributed by atoms with Crippen LogP contribution < -0.4 is 5.32 Å². The van der Waals surface area contributed by atoms with Gasteiger partial charge < -0.3 is 10.4 Å². The Balaban J connectivity index is 2.37. The number of carboxylic acid groups (broad SMARTS) is 1. The number of carboxylic acids is 1. The Hall–Kier alpha value is -2.90. The van der Waals surface area contributed by atoms with E-state index in [4.69, 9.17) is 5.11 Å². The summed E-state index contributed by atoms with van der Waals surface area (Å²) in [4.78, 5) is 23.0. The van der Waals surface area contributed by atoms with Gasteiger partial charge in [0.1, 0.15) is 5.82 Å². The second-order valence-electron chi connectivity index (χ2n) is 4.98. The Kier molecular flexibility index (Phi) is 4.59. The van der Waals surface area contributed by atoms with Crippen LogP contribution >= 0.6 is 0 Å². The van der Waals surface area contributed by atoms with Crippen molar-refractivity contribution in [1.82, 2.24) is 0 Å². The lowest BCUT2D eigenvalue weighted by Gasteiger charge is -2.14. The highest BCUT2D eigenvalue weighted by Crippen LogP contribution is 2.33. The van der Waals surface area contributed by atoms with Gasteiger partial charge in [0, 0.05) is 5.69 Å². The molecule has 2 rings (SSSR count). The molecule has 0 unspecified atom stereocenters. The van der Waals surface area contributed by atoms with Gasteiger partial charge in [0.05, 0.1) is 16.7 Å². The Morgan fingerprint density at radius 1 is 1.08 bits per heavy atom. The Labute approximate surface area is 133 Å². The number of amides is 1. The van der Waals surface area contributed by atoms with Crippen molar-refractivity contribution in [2.75, 3.05) is 5.32 Å². The van der Waals surface area contributed by atoms with Crippen LogP contribution in [0.1, 0.15) is 31.8 Å². The average molecular weight is 341 g/mol. The first-order valence-electron chi connectivity index (χ1n) is 6.61. The molecule has 0 aliphatic heterocycles. The zero-order valence-corrected chi connectivity index (χ0v) is 12.2. The van der Waals surface area contributed by atoms with Gasteiger partial charge in [-0.05, 0) is 48.9 Å². The molecule has 0 fully saturated rings. The molecule has 126 valence electrons. The maximum atomic E-state index is 13.2. The topological polar surface area (TPSA) is 66.4 Å². The normalized spacial score (nSPS) is 11.2. The van der Waals surface area contributed by atoms with Crippen LogP contribution in [0.15, 0.2) is 36.4 Å². The second-order valence-corrected chi connectivity index (χ2v) is 4.98. The molecule has 2 N–H and O–H groups in total. The first-order valence-corrected chi connectivity index (χ1v) is 6.61. The summed E-state index contributed by atoms with van der Waals surface area (Å²) < 4.78 is 52.0. The third-order valence-corrected chi connectivity index (χ3v) is 3.25. The fourth-order valence-electron chi connectivity index (χ4n) is 2.08. The van der Waals surface area contributed by atoms with Crippen LogP contribution in [0.2, 0.25) is 0 Å². The van der Waals surface area contributed by atoms with E-state index in [1.54, 1.807) is 0 Å². The van der Waals surface area contributed by atoms with Crippen LogP contribution in [0.5, 0.6) is 0 Å². The Bertz CT molecular complexity index is 815. The van der Waals surface area contributed by atoms with Crippen LogP contribution in [0, 0.1) is 12.7 Å². The quantitative estimate of drug-likeness (QED) is 0.826. The molecule has 0 saturated heterocycles. The van der Waals surface area contributed by atoms with Gasteiger partial charge in [-0.15, -0.1) is 0 Å². The molecule has 0 atom stereocenters. The monoisotopic (exact) mass is 341 g/mol. The molecule has 2 aromatic carbocycles. The number of hydrogen-bond acceptors (Lipinski definition) is 2. The third-order valence-electron chi connectivity index (χ3n) is 3.25. The molecule has 0 spiro atoms. The van der Waals surface area contributed by atoms with Gasteiger partial charge in [-0.25, -0.2) is 9.18 Å². The number of nitrogens with one attached hydrogen (secondary N) is 1. The first kappa shape index (κ1) is 17.5. The van der Waals surface area contributed by atoms with Gasteiger partial charge in [0.2, 0.25) is 0 Å². The van der Waals surface area contributed by atoms with Gasteiger partial charge in [0.15, 0.2) is 0 Å². The minimum atomic E-state index is -4.82. The van der Waals surface area contributed by atoms with Crippen LogP contribution in [0.3, 0.4) is 0 Å². The summed E-state index contributed by atoms with van der Waals surface area (Å²) in [6.07, 6.45) is -4.82. The summed E-state index contributed by atoms with van der Waals surface area (Å²) in [5.74, 6) is -3.31. The number of rotatable bonds is 3. The highest BCUT2D eigenvalue weighted by atomic mass is 19.4. The molecule has 4 nitrogen and oxygen atoms in total. The molecule has 0 aliphatic carbocycles. The number of benzene rings is 2. The van der Waals surface area contributed by atoms with Crippen LogP contribution in [-0.4, -0.2) is 17.0 Å². The van der Waals surface area contributed by atoms with Crippen molar-refractivity contribution < 1.29 is 32.3 Å². The average Bonchev–Trinajstić information content (AvgIpc) is 2.47. The number of aromatic carboxylic acids is 1. The van der Waals surface area contributed by atoms with E-state index in [9.17, 15) is 27.2 Å². The lowest BCUT2D eigenvalue weighted by atomic mass is 10.0. The molecule has 0 radical (unpaired) electrons. The molecule has 0 bridgehead atoms. The lowest BCUT2D eigenvalue weighted by Crippen LogP contribution is -2.19. The fourth-order valence-corrected chi connectivity index (χ4v) is 2.08. The zero-order valence-electron chi connectivity index (χ0n) is 12.2.